The lowest BCUT2D eigenvalue weighted by atomic mass is 9.96. The molecule has 4 aromatic rings. The number of fused-ring (bicyclic) bond motifs is 1. The minimum absolute atomic E-state index is 0.0607. The van der Waals surface area contributed by atoms with Gasteiger partial charge in [0.1, 0.15) is 22.9 Å². The molecule has 4 rings (SSSR count). The first-order valence-corrected chi connectivity index (χ1v) is 8.91. The molecule has 0 saturated carbocycles. The Morgan fingerprint density at radius 1 is 0.931 bits per heavy atom. The molecule has 2 N–H and O–H groups in total. The molecule has 2 heterocycles. The molecule has 2 aromatic carbocycles. The van der Waals surface area contributed by atoms with Crippen molar-refractivity contribution in [3.05, 3.63) is 94.5 Å². The third kappa shape index (κ3) is 3.69. The van der Waals surface area contributed by atoms with E-state index in [4.69, 9.17) is 11.6 Å². The van der Waals surface area contributed by atoms with E-state index in [0.717, 1.165) is 12.3 Å². The molecule has 4 nitrogen and oxygen atoms in total. The summed E-state index contributed by atoms with van der Waals surface area (Å²) in [6, 6.07) is 10.3. The lowest BCUT2D eigenvalue weighted by Crippen LogP contribution is -2.15. The second kappa shape index (κ2) is 7.60. The lowest BCUT2D eigenvalue weighted by Gasteiger charge is -2.23. The highest BCUT2D eigenvalue weighted by Gasteiger charge is 2.24. The molecular formula is C21H13ClF3N3O. The Hall–Kier alpha value is -3.32. The Bertz CT molecular complexity index is 1220. The number of phenolic OH excluding ortho intramolecular Hbond substituents is 1. The van der Waals surface area contributed by atoms with Crippen molar-refractivity contribution in [3.8, 4) is 5.75 Å². The maximum absolute atomic E-state index is 14.2. The monoisotopic (exact) mass is 415 g/mol. The van der Waals surface area contributed by atoms with Gasteiger partial charge < -0.3 is 10.4 Å². The van der Waals surface area contributed by atoms with E-state index in [-0.39, 0.29) is 16.6 Å². The van der Waals surface area contributed by atoms with Crippen LogP contribution in [0.3, 0.4) is 0 Å². The van der Waals surface area contributed by atoms with Crippen LogP contribution in [-0.2, 0) is 0 Å². The maximum atomic E-state index is 14.2. The normalized spacial score (nSPS) is 12.1. The SMILES string of the molecule is Oc1c(C(Nc2ncc(F)cc2F)c2ccc(F)cc2Cl)ccc2cccnc12. The summed E-state index contributed by atoms with van der Waals surface area (Å²) >= 11 is 6.22. The van der Waals surface area contributed by atoms with Crippen LogP contribution in [0.4, 0.5) is 19.0 Å². The first-order chi connectivity index (χ1) is 13.9. The highest BCUT2D eigenvalue weighted by atomic mass is 35.5. The summed E-state index contributed by atoms with van der Waals surface area (Å²) in [7, 11) is 0. The van der Waals surface area contributed by atoms with Crippen LogP contribution in [0.5, 0.6) is 5.75 Å². The Morgan fingerprint density at radius 3 is 2.48 bits per heavy atom. The van der Waals surface area contributed by atoms with Crippen molar-refractivity contribution in [1.29, 1.82) is 0 Å². The van der Waals surface area contributed by atoms with Gasteiger partial charge in [0.25, 0.3) is 0 Å². The highest BCUT2D eigenvalue weighted by Crippen LogP contribution is 2.38. The fourth-order valence-corrected chi connectivity index (χ4v) is 3.37. The van der Waals surface area contributed by atoms with Gasteiger partial charge in [-0.15, -0.1) is 0 Å². The molecule has 0 amide bonds. The van der Waals surface area contributed by atoms with E-state index in [1.807, 2.05) is 0 Å². The highest BCUT2D eigenvalue weighted by molar-refractivity contribution is 6.31. The van der Waals surface area contributed by atoms with E-state index >= 15 is 0 Å². The van der Waals surface area contributed by atoms with E-state index in [1.165, 1.54) is 18.3 Å². The van der Waals surface area contributed by atoms with E-state index < -0.39 is 23.5 Å². The van der Waals surface area contributed by atoms with Gasteiger partial charge >= 0.3 is 0 Å². The topological polar surface area (TPSA) is 58.0 Å². The molecule has 0 aliphatic carbocycles. The van der Waals surface area contributed by atoms with Crippen LogP contribution in [0.1, 0.15) is 17.2 Å². The van der Waals surface area contributed by atoms with Gasteiger partial charge in [-0.25, -0.2) is 18.2 Å². The molecule has 1 unspecified atom stereocenters. The van der Waals surface area contributed by atoms with Crippen LogP contribution in [-0.4, -0.2) is 15.1 Å². The second-order valence-corrected chi connectivity index (χ2v) is 6.71. The van der Waals surface area contributed by atoms with E-state index in [1.54, 1.807) is 24.3 Å². The number of benzene rings is 2. The Balaban J connectivity index is 1.89. The zero-order valence-electron chi connectivity index (χ0n) is 14.7. The summed E-state index contributed by atoms with van der Waals surface area (Å²) in [5, 5.41) is 14.4. The molecule has 0 aliphatic heterocycles. The van der Waals surface area contributed by atoms with E-state index in [2.05, 4.69) is 15.3 Å². The predicted octanol–water partition coefficient (Wildman–Crippen LogP) is 5.61. The summed E-state index contributed by atoms with van der Waals surface area (Å²) in [6.45, 7) is 0. The standard InChI is InChI=1S/C21H13ClF3N3O/c22-16-8-12(23)4-6-14(16)19(28-21-17(25)9-13(24)10-27-21)15-5-3-11-2-1-7-26-18(11)20(15)29/h1-10,19,29H,(H,27,28). The Kier molecular flexibility index (Phi) is 4.98. The quantitative estimate of drug-likeness (QED) is 0.455. The summed E-state index contributed by atoms with van der Waals surface area (Å²) in [5.41, 5.74) is 1.02. The first kappa shape index (κ1) is 19.0. The number of rotatable bonds is 4. The zero-order valence-corrected chi connectivity index (χ0v) is 15.5. The van der Waals surface area contributed by atoms with Crippen molar-refractivity contribution in [3.63, 3.8) is 0 Å². The maximum Gasteiger partial charge on any atom is 0.168 e. The molecule has 0 aliphatic rings. The van der Waals surface area contributed by atoms with Gasteiger partial charge in [0.2, 0.25) is 0 Å². The van der Waals surface area contributed by atoms with Gasteiger partial charge in [-0.3, -0.25) is 4.98 Å². The predicted molar refractivity (Wildman–Crippen MR) is 104 cm³/mol. The lowest BCUT2D eigenvalue weighted by molar-refractivity contribution is 0.471. The molecule has 29 heavy (non-hydrogen) atoms. The fraction of sp³-hybridized carbons (Fsp3) is 0.0476. The van der Waals surface area contributed by atoms with Gasteiger partial charge in [0.05, 0.1) is 12.2 Å². The van der Waals surface area contributed by atoms with Crippen molar-refractivity contribution < 1.29 is 18.3 Å². The number of phenols is 1. The molecule has 1 atom stereocenters. The first-order valence-electron chi connectivity index (χ1n) is 8.53. The fourth-order valence-electron chi connectivity index (χ4n) is 3.09. The minimum Gasteiger partial charge on any atom is -0.505 e. The summed E-state index contributed by atoms with van der Waals surface area (Å²) in [6.07, 6.45) is 2.39. The second-order valence-electron chi connectivity index (χ2n) is 6.31. The van der Waals surface area contributed by atoms with Crippen molar-refractivity contribution in [1.82, 2.24) is 9.97 Å². The number of nitrogens with zero attached hydrogens (tertiary/aromatic N) is 2. The zero-order chi connectivity index (χ0) is 20.5. The van der Waals surface area contributed by atoms with Crippen LogP contribution in [0, 0.1) is 17.5 Å². The molecular weight excluding hydrogens is 403 g/mol. The average Bonchev–Trinajstić information content (AvgIpc) is 2.69. The van der Waals surface area contributed by atoms with Crippen molar-refractivity contribution in [2.45, 2.75) is 6.04 Å². The number of halogens is 4. The summed E-state index contributed by atoms with van der Waals surface area (Å²) in [4.78, 5) is 7.91. The smallest absolute Gasteiger partial charge is 0.168 e. The van der Waals surface area contributed by atoms with Gasteiger partial charge in [-0.1, -0.05) is 35.9 Å². The summed E-state index contributed by atoms with van der Waals surface area (Å²) in [5.74, 6) is -2.71. The van der Waals surface area contributed by atoms with Crippen LogP contribution in [0.15, 0.2) is 60.9 Å². The minimum atomic E-state index is -0.924. The number of aromatic hydroxyl groups is 1. The van der Waals surface area contributed by atoms with Crippen molar-refractivity contribution in [2.75, 3.05) is 5.32 Å². The molecule has 0 spiro atoms. The Labute approximate surface area is 168 Å². The molecule has 2 aromatic heterocycles. The van der Waals surface area contributed by atoms with Gasteiger partial charge in [0, 0.05) is 28.2 Å². The molecule has 0 fully saturated rings. The number of hydrogen-bond acceptors (Lipinski definition) is 4. The third-order valence-electron chi connectivity index (χ3n) is 4.45. The number of hydrogen-bond donors (Lipinski definition) is 2. The molecule has 0 saturated heterocycles. The number of pyridine rings is 2. The molecule has 0 radical (unpaired) electrons. The molecule has 0 bridgehead atoms. The largest absolute Gasteiger partial charge is 0.505 e. The van der Waals surface area contributed by atoms with E-state index in [9.17, 15) is 18.3 Å². The van der Waals surface area contributed by atoms with Crippen molar-refractivity contribution in [2.24, 2.45) is 0 Å². The van der Waals surface area contributed by atoms with Gasteiger partial charge in [0.15, 0.2) is 11.6 Å². The van der Waals surface area contributed by atoms with Crippen molar-refractivity contribution >= 4 is 28.3 Å². The van der Waals surface area contributed by atoms with Crippen LogP contribution < -0.4 is 5.32 Å². The van der Waals surface area contributed by atoms with E-state index in [0.29, 0.717) is 28.1 Å². The van der Waals surface area contributed by atoms with Gasteiger partial charge in [-0.05, 0) is 23.8 Å². The van der Waals surface area contributed by atoms with Crippen LogP contribution >= 0.6 is 11.6 Å². The number of anilines is 1. The number of nitrogens with one attached hydrogen (secondary N) is 1. The summed E-state index contributed by atoms with van der Waals surface area (Å²) < 4.78 is 41.0. The third-order valence-corrected chi connectivity index (χ3v) is 4.78. The molecule has 146 valence electrons. The Morgan fingerprint density at radius 2 is 1.72 bits per heavy atom. The van der Waals surface area contributed by atoms with Crippen LogP contribution in [0.25, 0.3) is 10.9 Å². The molecule has 8 heteroatoms. The van der Waals surface area contributed by atoms with Gasteiger partial charge in [-0.2, -0.15) is 0 Å². The average molecular weight is 416 g/mol. The number of aromatic nitrogens is 2. The van der Waals surface area contributed by atoms with Crippen LogP contribution in [0.2, 0.25) is 5.02 Å².